The largest absolute Gasteiger partial charge is 0.478 e. The maximum atomic E-state index is 13.1. The van der Waals surface area contributed by atoms with Crippen LogP contribution in [0.4, 0.5) is 0 Å². The third kappa shape index (κ3) is 3.48. The topological polar surface area (TPSA) is 114 Å². The predicted molar refractivity (Wildman–Crippen MR) is 112 cm³/mol. The lowest BCUT2D eigenvalue weighted by atomic mass is 10.1. The maximum absolute atomic E-state index is 13.1. The number of hydrogen-bond acceptors (Lipinski definition) is 5. The van der Waals surface area contributed by atoms with E-state index >= 15 is 0 Å². The molecule has 4 aromatic rings. The second-order valence-electron chi connectivity index (χ2n) is 6.67. The summed E-state index contributed by atoms with van der Waals surface area (Å²) in [6.07, 6.45) is 1.32. The SMILES string of the molecule is CS(=O)(=NC(=O)c1ccccc1)c1ccc2oc3ccc(C(=O)O)cc3c(=O)c2c1. The number of fused-ring (bicyclic) bond motifs is 2. The third-order valence-corrected chi connectivity index (χ3v) is 6.24. The molecule has 150 valence electrons. The molecule has 1 unspecified atom stereocenters. The number of carbonyl (C=O) groups excluding carboxylic acids is 1. The Morgan fingerprint density at radius 1 is 0.900 bits per heavy atom. The molecule has 0 saturated heterocycles. The van der Waals surface area contributed by atoms with E-state index in [1.54, 1.807) is 30.3 Å². The molecule has 0 aliphatic carbocycles. The normalized spacial score (nSPS) is 13.1. The smallest absolute Gasteiger partial charge is 0.335 e. The number of carbonyl (C=O) groups is 2. The van der Waals surface area contributed by atoms with Crippen molar-refractivity contribution in [2.24, 2.45) is 4.36 Å². The van der Waals surface area contributed by atoms with Gasteiger partial charge >= 0.3 is 5.97 Å². The molecule has 0 aliphatic heterocycles. The van der Waals surface area contributed by atoms with Crippen molar-refractivity contribution in [2.75, 3.05) is 6.26 Å². The Labute approximate surface area is 170 Å². The predicted octanol–water partition coefficient (Wildman–Crippen LogP) is 3.94. The van der Waals surface area contributed by atoms with Crippen molar-refractivity contribution >= 4 is 43.5 Å². The molecular weight excluding hydrogens is 406 g/mol. The van der Waals surface area contributed by atoms with Crippen LogP contribution >= 0.6 is 0 Å². The molecule has 0 radical (unpaired) electrons. The van der Waals surface area contributed by atoms with E-state index in [1.807, 2.05) is 0 Å². The van der Waals surface area contributed by atoms with Gasteiger partial charge in [-0.2, -0.15) is 4.36 Å². The summed E-state index contributed by atoms with van der Waals surface area (Å²) in [5.41, 5.74) is 0.295. The third-order valence-electron chi connectivity index (χ3n) is 4.60. The summed E-state index contributed by atoms with van der Waals surface area (Å²) in [4.78, 5) is 36.7. The van der Waals surface area contributed by atoms with E-state index < -0.39 is 27.0 Å². The number of carboxylic acids is 1. The Kier molecular flexibility index (Phi) is 4.71. The van der Waals surface area contributed by atoms with E-state index in [-0.39, 0.29) is 32.4 Å². The average molecular weight is 421 g/mol. The average Bonchev–Trinajstić information content (AvgIpc) is 2.73. The first kappa shape index (κ1) is 19.5. The zero-order valence-corrected chi connectivity index (χ0v) is 16.5. The molecule has 8 heteroatoms. The fourth-order valence-corrected chi connectivity index (χ4v) is 4.23. The molecule has 4 rings (SSSR count). The molecule has 0 spiro atoms. The fourth-order valence-electron chi connectivity index (χ4n) is 3.05. The summed E-state index contributed by atoms with van der Waals surface area (Å²) in [5.74, 6) is -1.79. The van der Waals surface area contributed by atoms with Crippen molar-refractivity contribution in [3.63, 3.8) is 0 Å². The van der Waals surface area contributed by atoms with Gasteiger partial charge in [0.15, 0.2) is 0 Å². The zero-order chi connectivity index (χ0) is 21.5. The number of nitrogens with zero attached hydrogens (tertiary/aromatic N) is 1. The van der Waals surface area contributed by atoms with Gasteiger partial charge in [-0.3, -0.25) is 9.59 Å². The Morgan fingerprint density at radius 2 is 1.53 bits per heavy atom. The Balaban J connectivity index is 1.89. The van der Waals surface area contributed by atoms with Crippen LogP contribution in [0.5, 0.6) is 0 Å². The highest BCUT2D eigenvalue weighted by atomic mass is 32.2. The number of amides is 1. The second-order valence-corrected chi connectivity index (χ2v) is 8.93. The lowest BCUT2D eigenvalue weighted by Gasteiger charge is -2.07. The number of hydrogen-bond donors (Lipinski definition) is 1. The number of benzene rings is 3. The van der Waals surface area contributed by atoms with Crippen LogP contribution in [0.2, 0.25) is 0 Å². The van der Waals surface area contributed by atoms with Crippen molar-refractivity contribution in [2.45, 2.75) is 4.90 Å². The molecule has 1 heterocycles. The Bertz CT molecular complexity index is 1510. The molecule has 1 N–H and O–H groups in total. The van der Waals surface area contributed by atoms with Gasteiger partial charge in [-0.05, 0) is 48.5 Å². The summed E-state index contributed by atoms with van der Waals surface area (Å²) in [7, 11) is -3.14. The van der Waals surface area contributed by atoms with Crippen LogP contribution in [0.15, 0.2) is 85.2 Å². The number of carboxylic acid groups (broad SMARTS) is 1. The van der Waals surface area contributed by atoms with Crippen LogP contribution in [-0.2, 0) is 9.73 Å². The standard InChI is InChI=1S/C22H15NO6S/c1-30(28,23-21(25)13-5-3-2-4-6-13)15-8-10-19-17(12-15)20(24)16-11-14(22(26)27)7-9-18(16)29-19/h2-12H,1H3,(H,26,27). The van der Waals surface area contributed by atoms with Crippen LogP contribution in [0, 0.1) is 0 Å². The lowest BCUT2D eigenvalue weighted by molar-refractivity contribution is 0.0696. The molecule has 0 saturated carbocycles. The van der Waals surface area contributed by atoms with Crippen LogP contribution in [0.1, 0.15) is 20.7 Å². The van der Waals surface area contributed by atoms with Gasteiger partial charge in [0, 0.05) is 16.7 Å². The first-order chi connectivity index (χ1) is 14.3. The quantitative estimate of drug-likeness (QED) is 0.501. The Hall–Kier alpha value is -3.78. The highest BCUT2D eigenvalue weighted by molar-refractivity contribution is 7.93. The summed E-state index contributed by atoms with van der Waals surface area (Å²) >= 11 is 0. The number of rotatable bonds is 3. The minimum absolute atomic E-state index is 0.0481. The molecule has 30 heavy (non-hydrogen) atoms. The van der Waals surface area contributed by atoms with Gasteiger partial charge < -0.3 is 9.52 Å². The van der Waals surface area contributed by atoms with Crippen molar-refractivity contribution in [1.82, 2.24) is 0 Å². The second kappa shape index (κ2) is 7.23. The van der Waals surface area contributed by atoms with Gasteiger partial charge in [0.05, 0.1) is 26.1 Å². The van der Waals surface area contributed by atoms with Crippen LogP contribution in [0.25, 0.3) is 21.9 Å². The van der Waals surface area contributed by atoms with Gasteiger partial charge in [0.2, 0.25) is 5.43 Å². The van der Waals surface area contributed by atoms with Gasteiger partial charge in [0.25, 0.3) is 5.91 Å². The minimum atomic E-state index is -3.14. The van der Waals surface area contributed by atoms with Crippen molar-refractivity contribution in [3.05, 3.63) is 88.1 Å². The fraction of sp³-hybridized carbons (Fsp3) is 0.0455. The van der Waals surface area contributed by atoms with E-state index in [9.17, 15) is 18.6 Å². The Morgan fingerprint density at radius 3 is 2.20 bits per heavy atom. The highest BCUT2D eigenvalue weighted by Crippen LogP contribution is 2.23. The maximum Gasteiger partial charge on any atom is 0.335 e. The van der Waals surface area contributed by atoms with Gasteiger partial charge in [0.1, 0.15) is 11.2 Å². The van der Waals surface area contributed by atoms with Crippen molar-refractivity contribution in [1.29, 1.82) is 0 Å². The highest BCUT2D eigenvalue weighted by Gasteiger charge is 2.15. The van der Waals surface area contributed by atoms with Crippen LogP contribution < -0.4 is 5.43 Å². The van der Waals surface area contributed by atoms with Crippen molar-refractivity contribution in [3.8, 4) is 0 Å². The molecule has 0 fully saturated rings. The minimum Gasteiger partial charge on any atom is -0.478 e. The number of aromatic carboxylic acids is 1. The van der Waals surface area contributed by atoms with Crippen LogP contribution in [0.3, 0.4) is 0 Å². The molecular formula is C22H15NO6S. The first-order valence-electron chi connectivity index (χ1n) is 8.82. The molecule has 1 aromatic heterocycles. The monoisotopic (exact) mass is 421 g/mol. The van der Waals surface area contributed by atoms with E-state index in [2.05, 4.69) is 4.36 Å². The molecule has 1 amide bonds. The first-order valence-corrected chi connectivity index (χ1v) is 10.7. The van der Waals surface area contributed by atoms with E-state index in [1.165, 1.54) is 42.7 Å². The van der Waals surface area contributed by atoms with Gasteiger partial charge in [-0.1, -0.05) is 18.2 Å². The van der Waals surface area contributed by atoms with E-state index in [0.29, 0.717) is 5.56 Å². The summed E-state index contributed by atoms with van der Waals surface area (Å²) in [6.45, 7) is 0. The van der Waals surface area contributed by atoms with Gasteiger partial charge in [-0.25, -0.2) is 9.00 Å². The summed E-state index contributed by atoms with van der Waals surface area (Å²) in [5, 5.41) is 9.38. The summed E-state index contributed by atoms with van der Waals surface area (Å²) in [6, 6.07) is 16.6. The molecule has 3 aromatic carbocycles. The molecule has 1 atom stereocenters. The van der Waals surface area contributed by atoms with Crippen LogP contribution in [-0.4, -0.2) is 27.4 Å². The van der Waals surface area contributed by atoms with E-state index in [4.69, 9.17) is 9.52 Å². The summed E-state index contributed by atoms with van der Waals surface area (Å²) < 4.78 is 22.7. The molecule has 0 bridgehead atoms. The molecule has 7 nitrogen and oxygen atoms in total. The van der Waals surface area contributed by atoms with Gasteiger partial charge in [-0.15, -0.1) is 0 Å². The van der Waals surface area contributed by atoms with E-state index in [0.717, 1.165) is 0 Å². The molecule has 0 aliphatic rings. The van der Waals surface area contributed by atoms with Crippen molar-refractivity contribution < 1.29 is 23.3 Å². The lowest BCUT2D eigenvalue weighted by Crippen LogP contribution is -2.07. The zero-order valence-electron chi connectivity index (χ0n) is 15.7.